The average Bonchev–Trinajstić information content (AvgIpc) is 4.12. The van der Waals surface area contributed by atoms with Gasteiger partial charge in [0.2, 0.25) is 11.8 Å². The summed E-state index contributed by atoms with van der Waals surface area (Å²) in [4.78, 5) is 55.8. The molecule has 12 nitrogen and oxygen atoms in total. The van der Waals surface area contributed by atoms with Gasteiger partial charge in [-0.15, -0.1) is 22.7 Å². The van der Waals surface area contributed by atoms with Gasteiger partial charge < -0.3 is 39.0 Å². The fraction of sp³-hybridized carbons (Fsp3) is 0.538. The molecule has 6 rings (SSSR count). The summed E-state index contributed by atoms with van der Waals surface area (Å²) in [5.41, 5.74) is 3.45. The number of anilines is 2. The van der Waals surface area contributed by atoms with Crippen LogP contribution in [0.5, 0.6) is 0 Å². The summed E-state index contributed by atoms with van der Waals surface area (Å²) in [6.45, 7) is 13.2. The van der Waals surface area contributed by atoms with Crippen LogP contribution < -0.4 is 9.80 Å². The van der Waals surface area contributed by atoms with Crippen LogP contribution in [0.1, 0.15) is 171 Å². The first-order valence-corrected chi connectivity index (χ1v) is 25.4. The number of carbonyl (C=O) groups excluding carboxylic acids is 4. The van der Waals surface area contributed by atoms with E-state index in [0.29, 0.717) is 49.0 Å². The van der Waals surface area contributed by atoms with Gasteiger partial charge in [-0.25, -0.2) is 9.59 Å². The number of aliphatic hydroxyl groups excluding tert-OH is 2. The van der Waals surface area contributed by atoms with Gasteiger partial charge in [0.25, 0.3) is 0 Å². The average molecular weight is 947 g/mol. The Morgan fingerprint density at radius 3 is 1.32 bits per heavy atom. The number of esters is 2. The predicted molar refractivity (Wildman–Crippen MR) is 261 cm³/mol. The SMILES string of the molecule is CCCCC[C@@H](O)c1ccc(N2C(=O)CC[C@@H]2COCc2ccc(C(=O)OC(C)C)s2)cc1.CCCCC[C@H](O)c1ccc(N2C(=O)CC[C@@H]2COCc2ccc(C(=O)OC(C)C)s2)cc1. The van der Waals surface area contributed by atoms with Crippen molar-refractivity contribution >= 4 is 57.8 Å². The monoisotopic (exact) mass is 946 g/mol. The second-order valence-electron chi connectivity index (χ2n) is 17.6. The standard InChI is InChI=1S/2C26H35NO5S/c2*1-4-5-6-7-23(28)19-8-10-20(11-9-19)27-21(12-15-25(27)29)16-31-17-22-13-14-24(33-22)26(30)32-18(2)3/h2*8-11,13-14,18,21,23,28H,4-7,12,15-17H2,1-3H3/t21-,23+;21-,23-/m11/s1. The third-order valence-corrected chi connectivity index (χ3v) is 13.5. The maximum Gasteiger partial charge on any atom is 0.348 e. The summed E-state index contributed by atoms with van der Waals surface area (Å²) < 4.78 is 22.3. The lowest BCUT2D eigenvalue weighted by molar-refractivity contribution is -0.118. The van der Waals surface area contributed by atoms with Crippen molar-refractivity contribution in [1.82, 2.24) is 0 Å². The molecule has 4 aromatic rings. The topological polar surface area (TPSA) is 152 Å². The molecule has 2 aromatic heterocycles. The van der Waals surface area contributed by atoms with Crippen molar-refractivity contribution in [2.24, 2.45) is 0 Å². The van der Waals surface area contributed by atoms with Gasteiger partial charge in [0, 0.05) is 34.0 Å². The molecule has 66 heavy (non-hydrogen) atoms. The van der Waals surface area contributed by atoms with E-state index in [-0.39, 0.29) is 48.0 Å². The van der Waals surface area contributed by atoms with Crippen molar-refractivity contribution in [1.29, 1.82) is 0 Å². The van der Waals surface area contributed by atoms with Crippen molar-refractivity contribution in [2.75, 3.05) is 23.0 Å². The molecule has 2 aliphatic rings. The Hall–Kier alpha value is -4.44. The summed E-state index contributed by atoms with van der Waals surface area (Å²) in [5.74, 6) is -0.440. The zero-order valence-electron chi connectivity index (χ0n) is 39.6. The van der Waals surface area contributed by atoms with Gasteiger partial charge in [-0.05, 0) is 113 Å². The van der Waals surface area contributed by atoms with E-state index >= 15 is 0 Å². The molecule has 360 valence electrons. The van der Waals surface area contributed by atoms with E-state index in [1.54, 1.807) is 12.1 Å². The fourth-order valence-corrected chi connectivity index (χ4v) is 9.66. The number of ether oxygens (including phenoxy) is 4. The lowest BCUT2D eigenvalue weighted by Gasteiger charge is -2.25. The number of benzene rings is 2. The number of rotatable bonds is 24. The highest BCUT2D eigenvalue weighted by Gasteiger charge is 2.34. The van der Waals surface area contributed by atoms with Crippen LogP contribution in [0.3, 0.4) is 0 Å². The van der Waals surface area contributed by atoms with Crippen molar-refractivity contribution in [3.63, 3.8) is 0 Å². The molecule has 0 aliphatic carbocycles. The number of nitrogens with zero attached hydrogens (tertiary/aromatic N) is 2. The lowest BCUT2D eigenvalue weighted by Crippen LogP contribution is -2.36. The van der Waals surface area contributed by atoms with E-state index in [2.05, 4.69) is 13.8 Å². The quantitative estimate of drug-likeness (QED) is 0.0513. The Morgan fingerprint density at radius 1 is 0.591 bits per heavy atom. The number of unbranched alkanes of at least 4 members (excludes halogenated alkanes) is 4. The molecule has 0 spiro atoms. The number of amides is 2. The molecule has 4 atom stereocenters. The largest absolute Gasteiger partial charge is 0.459 e. The molecule has 2 amide bonds. The van der Waals surface area contributed by atoms with Crippen LogP contribution in [-0.2, 0) is 41.8 Å². The van der Waals surface area contributed by atoms with Crippen molar-refractivity contribution in [3.8, 4) is 0 Å². The highest BCUT2D eigenvalue weighted by Crippen LogP contribution is 2.32. The number of hydrogen-bond acceptors (Lipinski definition) is 12. The number of hydrogen-bond donors (Lipinski definition) is 2. The second-order valence-corrected chi connectivity index (χ2v) is 19.9. The lowest BCUT2D eigenvalue weighted by atomic mass is 10.0. The minimum Gasteiger partial charge on any atom is -0.459 e. The number of aliphatic hydroxyl groups is 2. The fourth-order valence-electron chi connectivity index (χ4n) is 8.00. The molecule has 14 heteroatoms. The number of thiophene rings is 2. The van der Waals surface area contributed by atoms with Gasteiger partial charge in [0.15, 0.2) is 0 Å². The Labute approximate surface area is 399 Å². The zero-order chi connectivity index (χ0) is 47.6. The Bertz CT molecular complexity index is 1970. The minimum absolute atomic E-state index is 0.0248. The van der Waals surface area contributed by atoms with E-state index in [0.717, 1.165) is 96.5 Å². The minimum atomic E-state index is -0.465. The molecular formula is C52H70N2O10S2. The molecular weight excluding hydrogens is 877 g/mol. The van der Waals surface area contributed by atoms with E-state index in [9.17, 15) is 29.4 Å². The van der Waals surface area contributed by atoms with Gasteiger partial charge in [0.05, 0.1) is 62.9 Å². The summed E-state index contributed by atoms with van der Waals surface area (Å²) in [5, 5.41) is 20.8. The van der Waals surface area contributed by atoms with Crippen LogP contribution in [0, 0.1) is 0 Å². The van der Waals surface area contributed by atoms with E-state index in [1.807, 2.05) is 98.2 Å². The van der Waals surface area contributed by atoms with Crippen molar-refractivity contribution < 1.29 is 48.3 Å². The smallest absolute Gasteiger partial charge is 0.348 e. The summed E-state index contributed by atoms with van der Waals surface area (Å²) in [6.07, 6.45) is 9.29. The van der Waals surface area contributed by atoms with Crippen molar-refractivity contribution in [2.45, 2.75) is 168 Å². The summed E-state index contributed by atoms with van der Waals surface area (Å²) in [6, 6.07) is 22.6. The molecule has 0 saturated carbocycles. The Balaban J connectivity index is 0.000000247. The molecule has 2 saturated heterocycles. The van der Waals surface area contributed by atoms with Gasteiger partial charge in [-0.1, -0.05) is 76.6 Å². The number of carbonyl (C=O) groups is 4. The van der Waals surface area contributed by atoms with Crippen LogP contribution in [0.4, 0.5) is 11.4 Å². The molecule has 4 heterocycles. The zero-order valence-corrected chi connectivity index (χ0v) is 41.2. The molecule has 0 bridgehead atoms. The van der Waals surface area contributed by atoms with Gasteiger partial charge in [0.1, 0.15) is 9.75 Å². The second kappa shape index (κ2) is 26.8. The van der Waals surface area contributed by atoms with E-state index in [4.69, 9.17) is 18.9 Å². The predicted octanol–water partition coefficient (Wildman–Crippen LogP) is 11.3. The molecule has 2 N–H and O–H groups in total. The summed E-state index contributed by atoms with van der Waals surface area (Å²) in [7, 11) is 0. The van der Waals surface area contributed by atoms with Gasteiger partial charge >= 0.3 is 11.9 Å². The van der Waals surface area contributed by atoms with Crippen LogP contribution in [0.15, 0.2) is 72.8 Å². The molecule has 0 unspecified atom stereocenters. The third-order valence-electron chi connectivity index (χ3n) is 11.4. The van der Waals surface area contributed by atoms with Gasteiger partial charge in [-0.2, -0.15) is 0 Å². The van der Waals surface area contributed by atoms with Crippen molar-refractivity contribution in [3.05, 3.63) is 103 Å². The first-order chi connectivity index (χ1) is 31.8. The molecule has 0 radical (unpaired) electrons. The third kappa shape index (κ3) is 15.8. The van der Waals surface area contributed by atoms with Crippen LogP contribution in [0.25, 0.3) is 0 Å². The van der Waals surface area contributed by atoms with Gasteiger partial charge in [-0.3, -0.25) is 9.59 Å². The Morgan fingerprint density at radius 2 is 0.970 bits per heavy atom. The molecule has 2 aliphatic heterocycles. The molecule has 2 aromatic carbocycles. The summed E-state index contributed by atoms with van der Waals surface area (Å²) >= 11 is 2.74. The van der Waals surface area contributed by atoms with Crippen LogP contribution in [-0.4, -0.2) is 71.5 Å². The first kappa shape index (κ1) is 52.5. The highest BCUT2D eigenvalue weighted by molar-refractivity contribution is 7.14. The van der Waals surface area contributed by atoms with Crippen LogP contribution in [0.2, 0.25) is 0 Å². The van der Waals surface area contributed by atoms with Crippen LogP contribution >= 0.6 is 22.7 Å². The molecule has 2 fully saturated rings. The normalized spacial score (nSPS) is 17.1. The Kier molecular flexibility index (Phi) is 21.3. The van der Waals surface area contributed by atoms with E-state index < -0.39 is 12.2 Å². The maximum absolute atomic E-state index is 12.5. The highest BCUT2D eigenvalue weighted by atomic mass is 32.1. The maximum atomic E-state index is 12.5. The first-order valence-electron chi connectivity index (χ1n) is 23.7. The van der Waals surface area contributed by atoms with E-state index in [1.165, 1.54) is 22.7 Å².